The molecule has 0 spiro atoms. The molecule has 4 heteroatoms. The highest BCUT2D eigenvalue weighted by molar-refractivity contribution is 6.31. The van der Waals surface area contributed by atoms with E-state index >= 15 is 0 Å². The minimum atomic E-state index is -1.12. The van der Waals surface area contributed by atoms with E-state index in [0.29, 0.717) is 5.02 Å². The first-order chi connectivity index (χ1) is 14.6. The lowest BCUT2D eigenvalue weighted by Gasteiger charge is -2.37. The van der Waals surface area contributed by atoms with Crippen molar-refractivity contribution in [3.8, 4) is 0 Å². The number of ether oxygens (including phenoxy) is 1. The average molecular weight is 420 g/mol. The minimum absolute atomic E-state index is 0.123. The van der Waals surface area contributed by atoms with Gasteiger partial charge in [0.15, 0.2) is 5.60 Å². The number of piperidine rings is 1. The van der Waals surface area contributed by atoms with Gasteiger partial charge in [0.2, 0.25) is 0 Å². The standard InChI is InChI=1S/C26H26ClNO2/c1-19-11-13-22(14-12-19)26(21-7-3-2-4-8-21,23-9-5-6-10-24(23)27)30-25(29)20-15-17-28-18-16-20/h2-14,20,28H,15-18H2,1H3. The number of carbonyl (C=O) groups excluding carboxylic acids is 1. The monoisotopic (exact) mass is 419 g/mol. The molecule has 3 aromatic carbocycles. The third-order valence-corrected chi connectivity index (χ3v) is 6.15. The van der Waals surface area contributed by atoms with Crippen molar-refractivity contribution in [3.05, 3.63) is 106 Å². The van der Waals surface area contributed by atoms with Crippen LogP contribution in [0, 0.1) is 12.8 Å². The van der Waals surface area contributed by atoms with Crippen LogP contribution in [0.4, 0.5) is 0 Å². The minimum Gasteiger partial charge on any atom is -0.444 e. The molecule has 0 saturated carbocycles. The molecule has 1 N–H and O–H groups in total. The van der Waals surface area contributed by atoms with Gasteiger partial charge < -0.3 is 10.1 Å². The Labute approximate surface area is 183 Å². The number of benzene rings is 3. The molecular weight excluding hydrogens is 394 g/mol. The van der Waals surface area contributed by atoms with Crippen molar-refractivity contribution in [2.24, 2.45) is 5.92 Å². The van der Waals surface area contributed by atoms with E-state index in [2.05, 4.69) is 5.32 Å². The van der Waals surface area contributed by atoms with E-state index in [0.717, 1.165) is 48.2 Å². The van der Waals surface area contributed by atoms with E-state index in [9.17, 15) is 4.79 Å². The van der Waals surface area contributed by atoms with E-state index in [1.54, 1.807) is 0 Å². The number of hydrogen-bond acceptors (Lipinski definition) is 3. The largest absolute Gasteiger partial charge is 0.444 e. The van der Waals surface area contributed by atoms with Crippen molar-refractivity contribution in [2.75, 3.05) is 13.1 Å². The molecule has 1 atom stereocenters. The predicted molar refractivity (Wildman–Crippen MR) is 121 cm³/mol. The lowest BCUT2D eigenvalue weighted by Crippen LogP contribution is -2.40. The zero-order valence-electron chi connectivity index (χ0n) is 17.1. The molecule has 1 fully saturated rings. The maximum atomic E-state index is 13.4. The number of aryl methyl sites for hydroxylation is 1. The first-order valence-corrected chi connectivity index (χ1v) is 10.8. The van der Waals surface area contributed by atoms with Crippen LogP contribution in [-0.4, -0.2) is 19.1 Å². The number of hydrogen-bond donors (Lipinski definition) is 1. The van der Waals surface area contributed by atoms with Crippen LogP contribution in [0.3, 0.4) is 0 Å². The smallest absolute Gasteiger partial charge is 0.310 e. The number of carbonyl (C=O) groups is 1. The summed E-state index contributed by atoms with van der Waals surface area (Å²) in [6.45, 7) is 3.70. The summed E-state index contributed by atoms with van der Waals surface area (Å²) in [4.78, 5) is 13.4. The summed E-state index contributed by atoms with van der Waals surface area (Å²) in [5.74, 6) is -0.303. The highest BCUT2D eigenvalue weighted by Gasteiger charge is 2.43. The summed E-state index contributed by atoms with van der Waals surface area (Å²) in [5.41, 5.74) is 2.56. The second kappa shape index (κ2) is 9.03. The number of halogens is 1. The quantitative estimate of drug-likeness (QED) is 0.439. The summed E-state index contributed by atoms with van der Waals surface area (Å²) in [6.07, 6.45) is 1.56. The van der Waals surface area contributed by atoms with Crippen LogP contribution in [0.25, 0.3) is 0 Å². The van der Waals surface area contributed by atoms with Crippen molar-refractivity contribution in [3.63, 3.8) is 0 Å². The van der Waals surface area contributed by atoms with Crippen LogP contribution in [-0.2, 0) is 15.1 Å². The molecule has 0 aromatic heterocycles. The van der Waals surface area contributed by atoms with Crippen molar-refractivity contribution in [1.29, 1.82) is 0 Å². The van der Waals surface area contributed by atoms with Crippen LogP contribution in [0.5, 0.6) is 0 Å². The molecule has 4 rings (SSSR count). The zero-order valence-corrected chi connectivity index (χ0v) is 17.9. The predicted octanol–water partition coefficient (Wildman–Crippen LogP) is 5.48. The molecule has 0 radical (unpaired) electrons. The van der Waals surface area contributed by atoms with Crippen LogP contribution in [0.2, 0.25) is 5.02 Å². The molecule has 3 nitrogen and oxygen atoms in total. The van der Waals surface area contributed by atoms with Gasteiger partial charge in [0, 0.05) is 21.7 Å². The normalized spacial score (nSPS) is 16.6. The van der Waals surface area contributed by atoms with E-state index in [1.165, 1.54) is 0 Å². The average Bonchev–Trinajstić information content (AvgIpc) is 2.80. The SMILES string of the molecule is Cc1ccc(C(OC(=O)C2CCNCC2)(c2ccccc2)c2ccccc2Cl)cc1. The maximum absolute atomic E-state index is 13.4. The molecule has 0 aliphatic carbocycles. The van der Waals surface area contributed by atoms with Crippen molar-refractivity contribution in [2.45, 2.75) is 25.4 Å². The maximum Gasteiger partial charge on any atom is 0.310 e. The Morgan fingerprint density at radius 3 is 2.17 bits per heavy atom. The Morgan fingerprint density at radius 2 is 1.50 bits per heavy atom. The Bertz CT molecular complexity index is 997. The fourth-order valence-corrected chi connectivity index (χ4v) is 4.42. The lowest BCUT2D eigenvalue weighted by atomic mass is 9.79. The highest BCUT2D eigenvalue weighted by Crippen LogP contribution is 2.44. The van der Waals surface area contributed by atoms with Gasteiger partial charge in [0.25, 0.3) is 0 Å². The van der Waals surface area contributed by atoms with Crippen molar-refractivity contribution in [1.82, 2.24) is 5.32 Å². The van der Waals surface area contributed by atoms with Gasteiger partial charge in [-0.25, -0.2) is 0 Å². The van der Waals surface area contributed by atoms with Gasteiger partial charge in [-0.3, -0.25) is 4.79 Å². The summed E-state index contributed by atoms with van der Waals surface area (Å²) in [7, 11) is 0. The summed E-state index contributed by atoms with van der Waals surface area (Å²) in [5, 5.41) is 3.88. The summed E-state index contributed by atoms with van der Waals surface area (Å²) >= 11 is 6.71. The summed E-state index contributed by atoms with van der Waals surface area (Å²) in [6, 6.07) is 25.7. The Morgan fingerprint density at radius 1 is 0.900 bits per heavy atom. The van der Waals surface area contributed by atoms with E-state index < -0.39 is 5.60 Å². The molecule has 1 saturated heterocycles. The van der Waals surface area contributed by atoms with E-state index in [4.69, 9.17) is 16.3 Å². The third kappa shape index (κ3) is 4.00. The topological polar surface area (TPSA) is 38.3 Å². The van der Waals surface area contributed by atoms with E-state index in [-0.39, 0.29) is 11.9 Å². The van der Waals surface area contributed by atoms with E-state index in [1.807, 2.05) is 85.8 Å². The fraction of sp³-hybridized carbons (Fsp3) is 0.269. The van der Waals surface area contributed by atoms with Crippen LogP contribution in [0.15, 0.2) is 78.9 Å². The van der Waals surface area contributed by atoms with Gasteiger partial charge in [-0.1, -0.05) is 90.0 Å². The highest BCUT2D eigenvalue weighted by atomic mass is 35.5. The Kier molecular flexibility index (Phi) is 6.21. The number of rotatable bonds is 5. The van der Waals surface area contributed by atoms with Gasteiger partial charge in [-0.05, 0) is 38.9 Å². The first kappa shape index (κ1) is 20.6. The molecule has 0 amide bonds. The molecule has 154 valence electrons. The molecule has 30 heavy (non-hydrogen) atoms. The number of nitrogens with one attached hydrogen (secondary N) is 1. The zero-order chi connectivity index (χ0) is 21.0. The van der Waals surface area contributed by atoms with Gasteiger partial charge >= 0.3 is 5.97 Å². The molecule has 1 heterocycles. The molecule has 1 aliphatic rings. The Balaban J connectivity index is 1.92. The van der Waals surface area contributed by atoms with Gasteiger partial charge in [0.1, 0.15) is 0 Å². The number of esters is 1. The van der Waals surface area contributed by atoms with Gasteiger partial charge in [-0.2, -0.15) is 0 Å². The molecule has 3 aromatic rings. The van der Waals surface area contributed by atoms with Gasteiger partial charge in [-0.15, -0.1) is 0 Å². The Hall–Kier alpha value is -2.62. The second-order valence-corrected chi connectivity index (χ2v) is 8.25. The van der Waals surface area contributed by atoms with Crippen molar-refractivity contribution >= 4 is 17.6 Å². The van der Waals surface area contributed by atoms with Crippen LogP contribution < -0.4 is 5.32 Å². The van der Waals surface area contributed by atoms with Crippen LogP contribution >= 0.6 is 11.6 Å². The lowest BCUT2D eigenvalue weighted by molar-refractivity contribution is -0.159. The summed E-state index contributed by atoms with van der Waals surface area (Å²) < 4.78 is 6.51. The third-order valence-electron chi connectivity index (χ3n) is 5.82. The second-order valence-electron chi connectivity index (χ2n) is 7.84. The molecular formula is C26H26ClNO2. The molecule has 1 aliphatic heterocycles. The molecule has 0 bridgehead atoms. The van der Waals surface area contributed by atoms with Gasteiger partial charge in [0.05, 0.1) is 5.92 Å². The van der Waals surface area contributed by atoms with Crippen molar-refractivity contribution < 1.29 is 9.53 Å². The fourth-order valence-electron chi connectivity index (χ4n) is 4.15. The first-order valence-electron chi connectivity index (χ1n) is 10.4. The molecule has 1 unspecified atom stereocenters. The van der Waals surface area contributed by atoms with Crippen LogP contribution in [0.1, 0.15) is 35.1 Å².